The van der Waals surface area contributed by atoms with Crippen LogP contribution in [-0.4, -0.2) is 41.1 Å². The van der Waals surface area contributed by atoms with Crippen LogP contribution in [0.5, 0.6) is 0 Å². The molecule has 19 heavy (non-hydrogen) atoms. The first-order chi connectivity index (χ1) is 8.53. The van der Waals surface area contributed by atoms with Crippen LogP contribution in [0.25, 0.3) is 0 Å². The molecule has 0 heterocycles. The number of carbonyl (C=O) groups is 2. The molecule has 112 valence electrons. The summed E-state index contributed by atoms with van der Waals surface area (Å²) in [7, 11) is 0. The minimum absolute atomic E-state index is 0.287. The maximum Gasteiger partial charge on any atom is 0.414 e. The van der Waals surface area contributed by atoms with E-state index in [0.29, 0.717) is 18.6 Å². The van der Waals surface area contributed by atoms with Crippen LogP contribution in [0.4, 0.5) is 4.79 Å². The zero-order valence-electron chi connectivity index (χ0n) is 13.2. The molecule has 5 nitrogen and oxygen atoms in total. The molecule has 0 radical (unpaired) electrons. The van der Waals surface area contributed by atoms with Crippen LogP contribution in [0.2, 0.25) is 0 Å². The molecule has 5 heteroatoms. The van der Waals surface area contributed by atoms with Crippen molar-refractivity contribution in [2.45, 2.75) is 72.6 Å². The third-order valence-electron chi connectivity index (χ3n) is 2.56. The van der Waals surface area contributed by atoms with Crippen LogP contribution in [0, 0.1) is 0 Å². The summed E-state index contributed by atoms with van der Waals surface area (Å²) in [5.74, 6) is -0.305. The van der Waals surface area contributed by atoms with Crippen LogP contribution in [0.3, 0.4) is 0 Å². The van der Waals surface area contributed by atoms with Crippen LogP contribution in [0.1, 0.15) is 54.9 Å². The van der Waals surface area contributed by atoms with Gasteiger partial charge in [-0.1, -0.05) is 0 Å². The van der Waals surface area contributed by atoms with E-state index in [4.69, 9.17) is 4.74 Å². The number of ether oxygens (including phenoxy) is 1. The second-order valence-electron chi connectivity index (χ2n) is 6.23. The Labute approximate surface area is 116 Å². The number of carbonyl (C=O) groups excluding carboxylic acids is 2. The van der Waals surface area contributed by atoms with Crippen molar-refractivity contribution in [3.8, 4) is 0 Å². The molecule has 0 saturated heterocycles. The predicted octanol–water partition coefficient (Wildman–Crippen LogP) is 2.55. The standard InChI is InChI=1S/C14H28N2O3/c1-10(2)16(11(3)4)9-8-12(17)15-13(18)19-14(5,6)7/h10-11H,8-9H2,1-7H3,(H,15,17,18). The van der Waals surface area contributed by atoms with Crippen molar-refractivity contribution in [2.24, 2.45) is 0 Å². The molecule has 0 bridgehead atoms. The van der Waals surface area contributed by atoms with E-state index in [1.807, 2.05) is 0 Å². The lowest BCUT2D eigenvalue weighted by Crippen LogP contribution is -2.41. The molecule has 0 aromatic carbocycles. The minimum atomic E-state index is -0.682. The number of alkyl carbamates (subject to hydrolysis) is 1. The lowest BCUT2D eigenvalue weighted by molar-refractivity contribution is -0.121. The first kappa shape index (κ1) is 17.9. The fraction of sp³-hybridized carbons (Fsp3) is 0.857. The van der Waals surface area contributed by atoms with Crippen LogP contribution in [-0.2, 0) is 9.53 Å². The first-order valence-corrected chi connectivity index (χ1v) is 6.81. The van der Waals surface area contributed by atoms with Gasteiger partial charge < -0.3 is 4.74 Å². The summed E-state index contributed by atoms with van der Waals surface area (Å²) in [5.41, 5.74) is -0.591. The Morgan fingerprint density at radius 1 is 1.11 bits per heavy atom. The average Bonchev–Trinajstić information content (AvgIpc) is 2.12. The zero-order valence-corrected chi connectivity index (χ0v) is 13.2. The molecule has 0 aromatic heterocycles. The van der Waals surface area contributed by atoms with Crippen molar-refractivity contribution in [1.29, 1.82) is 0 Å². The van der Waals surface area contributed by atoms with Crippen molar-refractivity contribution >= 4 is 12.0 Å². The third kappa shape index (κ3) is 8.59. The van der Waals surface area contributed by atoms with E-state index in [1.165, 1.54) is 0 Å². The molecule has 0 aliphatic carbocycles. The Balaban J connectivity index is 4.15. The van der Waals surface area contributed by atoms with E-state index in [1.54, 1.807) is 20.8 Å². The summed E-state index contributed by atoms with van der Waals surface area (Å²) in [6.07, 6.45) is -0.395. The molecule has 0 atom stereocenters. The highest BCUT2D eigenvalue weighted by atomic mass is 16.6. The van der Waals surface area contributed by atoms with Gasteiger partial charge in [0, 0.05) is 25.0 Å². The monoisotopic (exact) mass is 272 g/mol. The number of hydrogen-bond donors (Lipinski definition) is 1. The molecule has 0 saturated carbocycles. The second kappa shape index (κ2) is 7.48. The SMILES string of the molecule is CC(C)N(CCC(=O)NC(=O)OC(C)(C)C)C(C)C. The Bertz CT molecular complexity index is 298. The predicted molar refractivity (Wildman–Crippen MR) is 76.0 cm³/mol. The van der Waals surface area contributed by atoms with Gasteiger partial charge in [0.2, 0.25) is 5.91 Å². The average molecular weight is 272 g/mol. The zero-order chi connectivity index (χ0) is 15.2. The molecule has 0 aliphatic rings. The molecular weight excluding hydrogens is 244 g/mol. The highest BCUT2D eigenvalue weighted by Crippen LogP contribution is 2.07. The summed E-state index contributed by atoms with van der Waals surface area (Å²) < 4.78 is 5.03. The van der Waals surface area contributed by atoms with E-state index >= 15 is 0 Å². The van der Waals surface area contributed by atoms with Gasteiger partial charge in [0.05, 0.1) is 0 Å². The molecular formula is C14H28N2O3. The Hall–Kier alpha value is -1.10. The smallest absolute Gasteiger partial charge is 0.414 e. The highest BCUT2D eigenvalue weighted by molar-refractivity contribution is 5.91. The van der Waals surface area contributed by atoms with Crippen molar-refractivity contribution in [1.82, 2.24) is 10.2 Å². The molecule has 0 spiro atoms. The van der Waals surface area contributed by atoms with Crippen molar-refractivity contribution < 1.29 is 14.3 Å². The molecule has 2 amide bonds. The van der Waals surface area contributed by atoms with E-state index in [0.717, 1.165) is 0 Å². The van der Waals surface area contributed by atoms with Gasteiger partial charge in [-0.05, 0) is 48.5 Å². The second-order valence-corrected chi connectivity index (χ2v) is 6.23. The molecule has 0 aromatic rings. The van der Waals surface area contributed by atoms with Gasteiger partial charge in [0.15, 0.2) is 0 Å². The van der Waals surface area contributed by atoms with E-state index < -0.39 is 11.7 Å². The normalized spacial score (nSPS) is 12.1. The Kier molecular flexibility index (Phi) is 7.05. The van der Waals surface area contributed by atoms with Crippen molar-refractivity contribution in [3.05, 3.63) is 0 Å². The quantitative estimate of drug-likeness (QED) is 0.835. The maximum absolute atomic E-state index is 11.7. The summed E-state index contributed by atoms with van der Waals surface area (Å²) in [6.45, 7) is 14.3. The lowest BCUT2D eigenvalue weighted by Gasteiger charge is -2.30. The number of rotatable bonds is 5. The van der Waals surface area contributed by atoms with Gasteiger partial charge >= 0.3 is 6.09 Å². The molecule has 1 N–H and O–H groups in total. The van der Waals surface area contributed by atoms with E-state index in [9.17, 15) is 9.59 Å². The fourth-order valence-corrected chi connectivity index (χ4v) is 1.82. The maximum atomic E-state index is 11.7. The highest BCUT2D eigenvalue weighted by Gasteiger charge is 2.19. The number of imide groups is 1. The van der Waals surface area contributed by atoms with Gasteiger partial charge in [0.25, 0.3) is 0 Å². The van der Waals surface area contributed by atoms with Gasteiger partial charge in [-0.2, -0.15) is 0 Å². The lowest BCUT2D eigenvalue weighted by atomic mass is 10.2. The molecule has 0 unspecified atom stereocenters. The molecule has 0 rings (SSSR count). The van der Waals surface area contributed by atoms with Crippen molar-refractivity contribution in [3.63, 3.8) is 0 Å². The summed E-state index contributed by atoms with van der Waals surface area (Å²) in [4.78, 5) is 25.3. The van der Waals surface area contributed by atoms with Crippen LogP contribution in [0.15, 0.2) is 0 Å². The third-order valence-corrected chi connectivity index (χ3v) is 2.56. The molecule has 0 aliphatic heterocycles. The van der Waals surface area contributed by atoms with Gasteiger partial charge in [-0.3, -0.25) is 15.0 Å². The van der Waals surface area contributed by atoms with Crippen molar-refractivity contribution in [2.75, 3.05) is 6.54 Å². The summed E-state index contributed by atoms with van der Waals surface area (Å²) in [5, 5.41) is 2.24. The number of amides is 2. The molecule has 0 fully saturated rings. The van der Waals surface area contributed by atoms with Gasteiger partial charge in [-0.15, -0.1) is 0 Å². The van der Waals surface area contributed by atoms with Gasteiger partial charge in [-0.25, -0.2) is 4.79 Å². The van der Waals surface area contributed by atoms with Crippen LogP contribution < -0.4 is 5.32 Å². The van der Waals surface area contributed by atoms with E-state index in [-0.39, 0.29) is 12.3 Å². The Morgan fingerprint density at radius 3 is 1.95 bits per heavy atom. The fourth-order valence-electron chi connectivity index (χ4n) is 1.82. The number of nitrogens with zero attached hydrogens (tertiary/aromatic N) is 1. The van der Waals surface area contributed by atoms with Crippen LogP contribution >= 0.6 is 0 Å². The summed E-state index contributed by atoms with van der Waals surface area (Å²) in [6, 6.07) is 0.739. The first-order valence-electron chi connectivity index (χ1n) is 6.81. The largest absolute Gasteiger partial charge is 0.444 e. The van der Waals surface area contributed by atoms with E-state index in [2.05, 4.69) is 37.9 Å². The summed E-state index contributed by atoms with van der Waals surface area (Å²) >= 11 is 0. The topological polar surface area (TPSA) is 58.6 Å². The number of hydrogen-bond acceptors (Lipinski definition) is 4. The Morgan fingerprint density at radius 2 is 1.58 bits per heavy atom. The van der Waals surface area contributed by atoms with Gasteiger partial charge in [0.1, 0.15) is 5.60 Å². The minimum Gasteiger partial charge on any atom is -0.444 e. The number of nitrogens with one attached hydrogen (secondary N) is 1.